The third-order valence-corrected chi connectivity index (χ3v) is 2.97. The lowest BCUT2D eigenvalue weighted by Gasteiger charge is -2.26. The van der Waals surface area contributed by atoms with E-state index >= 15 is 0 Å². The Labute approximate surface area is 121 Å². The molecule has 0 heterocycles. The van der Waals surface area contributed by atoms with Gasteiger partial charge in [-0.05, 0) is 25.1 Å². The molecule has 1 atom stereocenters. The van der Waals surface area contributed by atoms with Gasteiger partial charge in [0.2, 0.25) is 0 Å². The normalized spacial score (nSPS) is 11.5. The van der Waals surface area contributed by atoms with Crippen LogP contribution in [0.25, 0.3) is 0 Å². The predicted octanol–water partition coefficient (Wildman–Crippen LogP) is 1.09. The Balaban J connectivity index is 3.02. The van der Waals surface area contributed by atoms with Gasteiger partial charge in [0.25, 0.3) is 5.91 Å². The standard InChI is InChI=1S/C14H17NO6/c1-9(14(19)20)15(7-6-12(16)17)13(18)10-4-3-5-11(8-10)21-2/h3-5,8-9H,6-7H2,1-2H3,(H,16,17)(H,19,20). The first-order chi connectivity index (χ1) is 9.86. The molecular weight excluding hydrogens is 278 g/mol. The van der Waals surface area contributed by atoms with Gasteiger partial charge in [-0.15, -0.1) is 0 Å². The topological polar surface area (TPSA) is 104 Å². The van der Waals surface area contributed by atoms with Crippen LogP contribution in [0.4, 0.5) is 0 Å². The molecule has 7 nitrogen and oxygen atoms in total. The van der Waals surface area contributed by atoms with Crippen LogP contribution in [0.1, 0.15) is 23.7 Å². The first-order valence-electron chi connectivity index (χ1n) is 6.26. The molecule has 0 radical (unpaired) electrons. The molecule has 0 spiro atoms. The van der Waals surface area contributed by atoms with Gasteiger partial charge < -0.3 is 19.8 Å². The fraction of sp³-hybridized carbons (Fsp3) is 0.357. The summed E-state index contributed by atoms with van der Waals surface area (Å²) in [4.78, 5) is 35.1. The van der Waals surface area contributed by atoms with Crippen LogP contribution in [0.5, 0.6) is 5.75 Å². The summed E-state index contributed by atoms with van der Waals surface area (Å²) in [5, 5.41) is 17.8. The molecule has 7 heteroatoms. The molecule has 0 saturated heterocycles. The number of hydrogen-bond acceptors (Lipinski definition) is 4. The van der Waals surface area contributed by atoms with Crippen molar-refractivity contribution in [3.05, 3.63) is 29.8 Å². The molecule has 0 aliphatic rings. The summed E-state index contributed by atoms with van der Waals surface area (Å²) < 4.78 is 5.01. The number of methoxy groups -OCH3 is 1. The number of carboxylic acid groups (broad SMARTS) is 2. The molecular formula is C14H17NO6. The van der Waals surface area contributed by atoms with Gasteiger partial charge >= 0.3 is 11.9 Å². The summed E-state index contributed by atoms with van der Waals surface area (Å²) >= 11 is 0. The van der Waals surface area contributed by atoms with E-state index in [0.717, 1.165) is 4.90 Å². The highest BCUT2D eigenvalue weighted by Gasteiger charge is 2.27. The van der Waals surface area contributed by atoms with Gasteiger partial charge in [-0.1, -0.05) is 6.07 Å². The summed E-state index contributed by atoms with van der Waals surface area (Å²) in [6, 6.07) is 5.13. The Bertz CT molecular complexity index is 542. The van der Waals surface area contributed by atoms with Crippen molar-refractivity contribution >= 4 is 17.8 Å². The van der Waals surface area contributed by atoms with E-state index in [-0.39, 0.29) is 18.5 Å². The lowest BCUT2D eigenvalue weighted by atomic mass is 10.1. The molecule has 1 rings (SSSR count). The average molecular weight is 295 g/mol. The van der Waals surface area contributed by atoms with Crippen molar-refractivity contribution in [1.29, 1.82) is 0 Å². The van der Waals surface area contributed by atoms with Crippen molar-refractivity contribution in [2.45, 2.75) is 19.4 Å². The number of carboxylic acids is 2. The zero-order valence-electron chi connectivity index (χ0n) is 11.8. The second kappa shape index (κ2) is 7.28. The van der Waals surface area contributed by atoms with E-state index in [2.05, 4.69) is 0 Å². The Hall–Kier alpha value is -2.57. The number of ether oxygens (including phenoxy) is 1. The fourth-order valence-electron chi connectivity index (χ4n) is 1.74. The number of rotatable bonds is 7. The number of carbonyl (C=O) groups excluding carboxylic acids is 1. The van der Waals surface area contributed by atoms with Crippen molar-refractivity contribution in [1.82, 2.24) is 4.90 Å². The van der Waals surface area contributed by atoms with E-state index in [9.17, 15) is 14.4 Å². The Morgan fingerprint density at radius 1 is 1.29 bits per heavy atom. The summed E-state index contributed by atoms with van der Waals surface area (Å²) in [6.07, 6.45) is -0.326. The smallest absolute Gasteiger partial charge is 0.326 e. The summed E-state index contributed by atoms with van der Waals surface area (Å²) in [5.41, 5.74) is 0.243. The number of aliphatic carboxylic acids is 2. The van der Waals surface area contributed by atoms with Crippen molar-refractivity contribution in [2.75, 3.05) is 13.7 Å². The van der Waals surface area contributed by atoms with Crippen LogP contribution >= 0.6 is 0 Å². The summed E-state index contributed by atoms with van der Waals surface area (Å²) in [7, 11) is 1.45. The van der Waals surface area contributed by atoms with E-state index in [4.69, 9.17) is 14.9 Å². The monoisotopic (exact) mass is 295 g/mol. The van der Waals surface area contributed by atoms with Crippen LogP contribution in [-0.2, 0) is 9.59 Å². The zero-order chi connectivity index (χ0) is 16.0. The van der Waals surface area contributed by atoms with Crippen LogP contribution in [0.2, 0.25) is 0 Å². The van der Waals surface area contributed by atoms with E-state index in [1.165, 1.54) is 26.2 Å². The number of hydrogen-bond donors (Lipinski definition) is 2. The second-order valence-corrected chi connectivity index (χ2v) is 4.39. The third kappa shape index (κ3) is 4.48. The molecule has 2 N–H and O–H groups in total. The van der Waals surface area contributed by atoms with E-state index < -0.39 is 23.9 Å². The average Bonchev–Trinajstić information content (AvgIpc) is 2.46. The Kier molecular flexibility index (Phi) is 5.71. The highest BCUT2D eigenvalue weighted by molar-refractivity contribution is 5.97. The molecule has 114 valence electrons. The summed E-state index contributed by atoms with van der Waals surface area (Å²) in [5.74, 6) is -2.39. The van der Waals surface area contributed by atoms with Crippen LogP contribution in [0.15, 0.2) is 24.3 Å². The van der Waals surface area contributed by atoms with Gasteiger partial charge in [0.1, 0.15) is 11.8 Å². The molecule has 0 bridgehead atoms. The van der Waals surface area contributed by atoms with Crippen molar-refractivity contribution < 1.29 is 29.3 Å². The number of amides is 1. The number of nitrogens with zero attached hydrogens (tertiary/aromatic N) is 1. The largest absolute Gasteiger partial charge is 0.497 e. The minimum atomic E-state index is -1.20. The summed E-state index contributed by atoms with van der Waals surface area (Å²) in [6.45, 7) is 1.15. The van der Waals surface area contributed by atoms with Gasteiger partial charge in [-0.2, -0.15) is 0 Å². The van der Waals surface area contributed by atoms with Crippen molar-refractivity contribution in [3.8, 4) is 5.75 Å². The van der Waals surface area contributed by atoms with E-state index in [1.807, 2.05) is 0 Å². The third-order valence-electron chi connectivity index (χ3n) is 2.97. The maximum atomic E-state index is 12.4. The molecule has 0 fully saturated rings. The minimum absolute atomic E-state index is 0.182. The molecule has 0 aliphatic heterocycles. The van der Waals surface area contributed by atoms with Gasteiger partial charge in [0.15, 0.2) is 0 Å². The lowest BCUT2D eigenvalue weighted by Crippen LogP contribution is -2.44. The van der Waals surface area contributed by atoms with Gasteiger partial charge in [-0.3, -0.25) is 9.59 Å². The maximum absolute atomic E-state index is 12.4. The predicted molar refractivity (Wildman–Crippen MR) is 73.4 cm³/mol. The zero-order valence-corrected chi connectivity index (χ0v) is 11.8. The highest BCUT2D eigenvalue weighted by Crippen LogP contribution is 2.16. The highest BCUT2D eigenvalue weighted by atomic mass is 16.5. The molecule has 0 saturated carbocycles. The molecule has 1 amide bonds. The van der Waals surface area contributed by atoms with Gasteiger partial charge in [-0.25, -0.2) is 4.79 Å². The van der Waals surface area contributed by atoms with Gasteiger partial charge in [0, 0.05) is 12.1 Å². The molecule has 0 aromatic heterocycles. The Morgan fingerprint density at radius 2 is 1.95 bits per heavy atom. The van der Waals surface area contributed by atoms with Crippen LogP contribution in [0, 0.1) is 0 Å². The fourth-order valence-corrected chi connectivity index (χ4v) is 1.74. The van der Waals surface area contributed by atoms with Gasteiger partial charge in [0.05, 0.1) is 13.5 Å². The molecule has 1 unspecified atom stereocenters. The lowest BCUT2D eigenvalue weighted by molar-refractivity contribution is -0.143. The minimum Gasteiger partial charge on any atom is -0.497 e. The maximum Gasteiger partial charge on any atom is 0.326 e. The first kappa shape index (κ1) is 16.5. The number of benzene rings is 1. The molecule has 1 aromatic carbocycles. The van der Waals surface area contributed by atoms with Crippen LogP contribution < -0.4 is 4.74 Å². The van der Waals surface area contributed by atoms with Crippen LogP contribution in [-0.4, -0.2) is 52.7 Å². The van der Waals surface area contributed by atoms with Crippen molar-refractivity contribution in [2.24, 2.45) is 0 Å². The first-order valence-corrected chi connectivity index (χ1v) is 6.26. The second-order valence-electron chi connectivity index (χ2n) is 4.39. The molecule has 21 heavy (non-hydrogen) atoms. The Morgan fingerprint density at radius 3 is 2.48 bits per heavy atom. The van der Waals surface area contributed by atoms with Crippen LogP contribution in [0.3, 0.4) is 0 Å². The SMILES string of the molecule is COc1cccc(C(=O)N(CCC(=O)O)C(C)C(=O)O)c1. The molecule has 0 aliphatic carbocycles. The van der Waals surface area contributed by atoms with E-state index in [1.54, 1.807) is 12.1 Å². The number of carbonyl (C=O) groups is 3. The molecule has 1 aromatic rings. The van der Waals surface area contributed by atoms with Crippen molar-refractivity contribution in [3.63, 3.8) is 0 Å². The van der Waals surface area contributed by atoms with E-state index in [0.29, 0.717) is 5.75 Å². The quantitative estimate of drug-likeness (QED) is 0.780.